The number of carbonyl (C=O) groups excluding carboxylic acids is 2. The molecule has 3 aromatic rings. The van der Waals surface area contributed by atoms with Crippen molar-refractivity contribution in [2.75, 3.05) is 0 Å². The van der Waals surface area contributed by atoms with Crippen molar-refractivity contribution in [2.24, 2.45) is 0 Å². The molecule has 2 N–H and O–H groups in total. The molecule has 12 heteroatoms. The number of hydrogen-bond acceptors (Lipinski definition) is 9. The van der Waals surface area contributed by atoms with Crippen molar-refractivity contribution < 1.29 is 46.9 Å². The average Bonchev–Trinajstić information content (AvgIpc) is 3.52. The lowest BCUT2D eigenvalue weighted by Gasteiger charge is -2.29. The van der Waals surface area contributed by atoms with Crippen LogP contribution in [0.1, 0.15) is 13.8 Å². The number of aromatic nitrogens is 1. The zero-order chi connectivity index (χ0) is 23.3. The summed E-state index contributed by atoms with van der Waals surface area (Å²) in [5.41, 5.74) is 1.28. The van der Waals surface area contributed by atoms with Gasteiger partial charge in [-0.3, -0.25) is 9.09 Å². The zero-order valence-electron chi connectivity index (χ0n) is 17.5. The van der Waals surface area contributed by atoms with Gasteiger partial charge in [-0.05, 0) is 32.0 Å². The summed E-state index contributed by atoms with van der Waals surface area (Å²) in [4.78, 5) is 37.4. The maximum atomic E-state index is 13.5. The van der Waals surface area contributed by atoms with E-state index in [0.717, 1.165) is 10.9 Å². The Morgan fingerprint density at radius 3 is 2.21 bits per heavy atom. The van der Waals surface area contributed by atoms with E-state index in [-0.39, 0.29) is 11.1 Å². The minimum atomic E-state index is -4.60. The maximum absolute atomic E-state index is 13.5. The molecule has 4 heterocycles. The second-order valence-corrected chi connectivity index (χ2v) is 9.54. The summed E-state index contributed by atoms with van der Waals surface area (Å²) in [7, 11) is -4.60. The normalized spacial score (nSPS) is 27.5. The Kier molecular flexibility index (Phi) is 5.19. The van der Waals surface area contributed by atoms with Crippen molar-refractivity contribution in [1.29, 1.82) is 0 Å². The zero-order valence-corrected chi connectivity index (χ0v) is 18.4. The van der Waals surface area contributed by atoms with Gasteiger partial charge in [0.2, 0.25) is 0 Å². The smallest absolute Gasteiger partial charge is 0.462 e. The van der Waals surface area contributed by atoms with E-state index in [1.54, 1.807) is 6.07 Å². The molecule has 2 saturated heterocycles. The number of cyclic esters (lactones) is 4. The summed E-state index contributed by atoms with van der Waals surface area (Å²) in [6, 6.07) is 10.6. The van der Waals surface area contributed by atoms with Gasteiger partial charge in [-0.25, -0.2) is 9.59 Å². The molecule has 0 bridgehead atoms. The predicted molar refractivity (Wildman–Crippen MR) is 112 cm³/mol. The Hall–Kier alpha value is -3.27. The van der Waals surface area contributed by atoms with Gasteiger partial charge < -0.3 is 33.2 Å². The number of H-pyrrole nitrogens is 1. The summed E-state index contributed by atoms with van der Waals surface area (Å²) < 4.78 is 44.9. The largest absolute Gasteiger partial charge is 0.509 e. The van der Waals surface area contributed by atoms with Gasteiger partial charge in [0.05, 0.1) is 12.0 Å². The van der Waals surface area contributed by atoms with E-state index in [9.17, 15) is 19.0 Å². The fraction of sp³-hybridized carbons (Fsp3) is 0.333. The summed E-state index contributed by atoms with van der Waals surface area (Å²) in [6.45, 7) is 3.06. The van der Waals surface area contributed by atoms with Crippen molar-refractivity contribution in [2.45, 2.75) is 44.4 Å². The van der Waals surface area contributed by atoms with E-state index in [2.05, 4.69) is 4.98 Å². The second kappa shape index (κ2) is 7.95. The van der Waals surface area contributed by atoms with Crippen molar-refractivity contribution in [1.82, 2.24) is 4.98 Å². The first kappa shape index (κ1) is 21.6. The summed E-state index contributed by atoms with van der Waals surface area (Å²) >= 11 is 0. The number of carbonyl (C=O) groups is 2. The molecule has 0 radical (unpaired) electrons. The topological polar surface area (TPSA) is 147 Å². The minimum Gasteiger partial charge on any atom is -0.462 e. The minimum absolute atomic E-state index is 0.108. The highest BCUT2D eigenvalue weighted by molar-refractivity contribution is 7.61. The molecule has 174 valence electrons. The van der Waals surface area contributed by atoms with Crippen LogP contribution in [-0.2, 0) is 28.0 Å². The van der Waals surface area contributed by atoms with Crippen LogP contribution in [0.4, 0.5) is 9.59 Å². The first-order valence-corrected chi connectivity index (χ1v) is 11.7. The number of rotatable bonds is 6. The SMILES string of the molecule is CC1OC(=O)OC1C(OP(=O)(O)c1ccoc1-c1cc2ccccc2[nH]1)C1OC(=O)OC1C. The molecule has 2 aliphatic rings. The van der Waals surface area contributed by atoms with Crippen molar-refractivity contribution in [3.63, 3.8) is 0 Å². The standard InChI is InChI=1S/C21H20NO10P/c1-10-16(30-20(23)28-10)19(17-11(2)29-21(24)31-17)32-33(25,26)15-7-8-27-18(15)14-9-12-5-3-4-6-13(12)22-14/h3-11,16-17,19,22H,1-2H3,(H,25,26). The Bertz CT molecular complexity index is 1200. The number of benzene rings is 1. The van der Waals surface area contributed by atoms with Gasteiger partial charge >= 0.3 is 19.9 Å². The Morgan fingerprint density at radius 2 is 1.64 bits per heavy atom. The molecule has 33 heavy (non-hydrogen) atoms. The summed E-state index contributed by atoms with van der Waals surface area (Å²) in [5, 5.41) is 0.768. The van der Waals surface area contributed by atoms with E-state index < -0.39 is 50.4 Å². The molecule has 1 aromatic carbocycles. The molecule has 0 spiro atoms. The maximum Gasteiger partial charge on any atom is 0.509 e. The molecular weight excluding hydrogens is 457 g/mol. The molecule has 5 rings (SSSR count). The Balaban J connectivity index is 1.50. The van der Waals surface area contributed by atoms with E-state index in [4.69, 9.17) is 27.9 Å². The van der Waals surface area contributed by atoms with Gasteiger partial charge in [0, 0.05) is 10.9 Å². The third-order valence-corrected chi connectivity index (χ3v) is 7.08. The molecule has 0 aliphatic carbocycles. The monoisotopic (exact) mass is 477 g/mol. The molecule has 5 atom stereocenters. The first-order chi connectivity index (χ1) is 15.7. The highest BCUT2D eigenvalue weighted by Crippen LogP contribution is 2.48. The van der Waals surface area contributed by atoms with Crippen LogP contribution in [0.2, 0.25) is 0 Å². The van der Waals surface area contributed by atoms with Crippen LogP contribution in [-0.4, -0.2) is 52.7 Å². The third-order valence-electron chi connectivity index (χ3n) is 5.59. The summed E-state index contributed by atoms with van der Waals surface area (Å²) in [6.07, 6.45) is -5.92. The van der Waals surface area contributed by atoms with Crippen LogP contribution in [0.5, 0.6) is 0 Å². The molecule has 2 fully saturated rings. The number of para-hydroxylation sites is 1. The van der Waals surface area contributed by atoms with E-state index in [1.165, 1.54) is 26.2 Å². The van der Waals surface area contributed by atoms with Gasteiger partial charge in [-0.2, -0.15) is 0 Å². The quantitative estimate of drug-likeness (QED) is 0.400. The first-order valence-electron chi connectivity index (χ1n) is 10.1. The van der Waals surface area contributed by atoms with E-state index in [1.807, 2.05) is 24.3 Å². The number of hydrogen-bond donors (Lipinski definition) is 2. The molecule has 11 nitrogen and oxygen atoms in total. The van der Waals surface area contributed by atoms with Crippen LogP contribution in [0.3, 0.4) is 0 Å². The van der Waals surface area contributed by atoms with Crippen LogP contribution in [0.25, 0.3) is 22.4 Å². The van der Waals surface area contributed by atoms with Gasteiger partial charge in [0.25, 0.3) is 0 Å². The number of nitrogens with one attached hydrogen (secondary N) is 1. The number of aromatic amines is 1. The Labute approximate surface area is 187 Å². The predicted octanol–water partition coefficient (Wildman–Crippen LogP) is 3.47. The third kappa shape index (κ3) is 3.88. The fourth-order valence-corrected chi connectivity index (χ4v) is 5.39. The van der Waals surface area contributed by atoms with E-state index in [0.29, 0.717) is 5.69 Å². The van der Waals surface area contributed by atoms with Crippen LogP contribution < -0.4 is 5.30 Å². The lowest BCUT2D eigenvalue weighted by Crippen LogP contribution is -2.47. The van der Waals surface area contributed by atoms with Crippen molar-refractivity contribution in [3.05, 3.63) is 42.7 Å². The average molecular weight is 477 g/mol. The molecular formula is C21H20NO10P. The Morgan fingerprint density at radius 1 is 1.00 bits per heavy atom. The molecule has 2 aromatic heterocycles. The number of furan rings is 1. The van der Waals surface area contributed by atoms with Gasteiger partial charge in [-0.1, -0.05) is 18.2 Å². The van der Waals surface area contributed by atoms with E-state index >= 15 is 0 Å². The van der Waals surface area contributed by atoms with Gasteiger partial charge in [-0.15, -0.1) is 0 Å². The highest BCUT2D eigenvalue weighted by Gasteiger charge is 2.53. The second-order valence-electron chi connectivity index (χ2n) is 7.81. The van der Waals surface area contributed by atoms with Crippen LogP contribution in [0, 0.1) is 0 Å². The van der Waals surface area contributed by atoms with Gasteiger partial charge in [0.15, 0.2) is 18.0 Å². The molecule has 2 aliphatic heterocycles. The molecule has 0 amide bonds. The number of fused-ring (bicyclic) bond motifs is 1. The fourth-order valence-electron chi connectivity index (χ4n) is 4.03. The lowest BCUT2D eigenvalue weighted by atomic mass is 10.0. The van der Waals surface area contributed by atoms with Crippen molar-refractivity contribution in [3.8, 4) is 11.5 Å². The van der Waals surface area contributed by atoms with Gasteiger partial charge in [0.1, 0.15) is 23.6 Å². The van der Waals surface area contributed by atoms with Crippen molar-refractivity contribution >= 4 is 36.1 Å². The van der Waals surface area contributed by atoms with Crippen LogP contribution >= 0.6 is 7.60 Å². The number of ether oxygens (including phenoxy) is 4. The molecule has 0 saturated carbocycles. The lowest BCUT2D eigenvalue weighted by molar-refractivity contribution is -0.0465. The summed E-state index contributed by atoms with van der Waals surface area (Å²) in [5.74, 6) is 0.108. The molecule has 5 unspecified atom stereocenters. The highest BCUT2D eigenvalue weighted by atomic mass is 31.2. The van der Waals surface area contributed by atoms with Crippen LogP contribution in [0.15, 0.2) is 47.1 Å².